The van der Waals surface area contributed by atoms with E-state index in [2.05, 4.69) is 29.1 Å². The van der Waals surface area contributed by atoms with Crippen LogP contribution in [0.3, 0.4) is 0 Å². The van der Waals surface area contributed by atoms with Crippen LogP contribution in [-0.4, -0.2) is 30.0 Å². The molecule has 0 aliphatic carbocycles. The van der Waals surface area contributed by atoms with Crippen LogP contribution in [0.15, 0.2) is 24.4 Å². The number of aromatic nitrogens is 1. The summed E-state index contributed by atoms with van der Waals surface area (Å²) in [6.07, 6.45) is 1.87. The number of hydrogen-bond acceptors (Lipinski definition) is 2. The first-order chi connectivity index (χ1) is 5.36. The zero-order valence-corrected chi connectivity index (χ0v) is 6.70. The van der Waals surface area contributed by atoms with Crippen LogP contribution in [0.5, 0.6) is 0 Å². The van der Waals surface area contributed by atoms with Crippen LogP contribution in [0.1, 0.15) is 11.6 Å². The summed E-state index contributed by atoms with van der Waals surface area (Å²) >= 11 is 0. The molecule has 58 valence electrons. The van der Waals surface area contributed by atoms with Crippen molar-refractivity contribution in [1.82, 2.24) is 9.88 Å². The molecule has 0 bridgehead atoms. The minimum atomic E-state index is 0.682. The summed E-state index contributed by atoms with van der Waals surface area (Å²) in [4.78, 5) is 6.61. The molecule has 0 radical (unpaired) electrons. The number of pyridine rings is 1. The van der Waals surface area contributed by atoms with E-state index in [1.165, 1.54) is 5.69 Å². The predicted molar refractivity (Wildman–Crippen MR) is 44.5 cm³/mol. The first-order valence-electron chi connectivity index (χ1n) is 3.96. The van der Waals surface area contributed by atoms with Gasteiger partial charge in [-0.2, -0.15) is 0 Å². The van der Waals surface area contributed by atoms with Crippen LogP contribution in [0.25, 0.3) is 0 Å². The van der Waals surface area contributed by atoms with Crippen molar-refractivity contribution in [3.05, 3.63) is 30.1 Å². The molecule has 0 spiro atoms. The van der Waals surface area contributed by atoms with Crippen molar-refractivity contribution in [2.45, 2.75) is 5.92 Å². The van der Waals surface area contributed by atoms with E-state index in [4.69, 9.17) is 0 Å². The molecule has 2 heterocycles. The third-order valence-corrected chi connectivity index (χ3v) is 2.17. The van der Waals surface area contributed by atoms with Gasteiger partial charge in [-0.25, -0.2) is 0 Å². The fourth-order valence-corrected chi connectivity index (χ4v) is 1.50. The lowest BCUT2D eigenvalue weighted by molar-refractivity contribution is 0.187. The average molecular weight is 148 g/mol. The van der Waals surface area contributed by atoms with E-state index >= 15 is 0 Å². The van der Waals surface area contributed by atoms with Gasteiger partial charge in [-0.1, -0.05) is 6.07 Å². The molecule has 0 atom stereocenters. The molecule has 1 aliphatic rings. The summed E-state index contributed by atoms with van der Waals surface area (Å²) in [5.41, 5.74) is 1.24. The first-order valence-corrected chi connectivity index (χ1v) is 3.96. The Hall–Kier alpha value is -0.890. The molecule has 1 aliphatic heterocycles. The van der Waals surface area contributed by atoms with Crippen molar-refractivity contribution in [2.75, 3.05) is 20.1 Å². The summed E-state index contributed by atoms with van der Waals surface area (Å²) in [6.45, 7) is 2.33. The number of likely N-dealkylation sites (tertiary alicyclic amines) is 1. The number of nitrogens with zero attached hydrogens (tertiary/aromatic N) is 2. The van der Waals surface area contributed by atoms with Crippen molar-refractivity contribution < 1.29 is 0 Å². The number of rotatable bonds is 1. The summed E-state index contributed by atoms with van der Waals surface area (Å²) in [5, 5.41) is 0. The molecule has 1 aromatic heterocycles. The lowest BCUT2D eigenvalue weighted by Gasteiger charge is -2.35. The Morgan fingerprint density at radius 2 is 2.27 bits per heavy atom. The fraction of sp³-hybridized carbons (Fsp3) is 0.444. The highest BCUT2D eigenvalue weighted by atomic mass is 15.2. The highest BCUT2D eigenvalue weighted by molar-refractivity contribution is 5.13. The second-order valence-corrected chi connectivity index (χ2v) is 3.17. The maximum atomic E-state index is 4.31. The third kappa shape index (κ3) is 1.26. The third-order valence-electron chi connectivity index (χ3n) is 2.17. The van der Waals surface area contributed by atoms with Crippen LogP contribution in [0, 0.1) is 0 Å². The van der Waals surface area contributed by atoms with Gasteiger partial charge in [0.2, 0.25) is 0 Å². The smallest absolute Gasteiger partial charge is 0.0460 e. The van der Waals surface area contributed by atoms with E-state index < -0.39 is 0 Å². The zero-order chi connectivity index (χ0) is 7.68. The largest absolute Gasteiger partial charge is 0.305 e. The molecule has 0 amide bonds. The van der Waals surface area contributed by atoms with Gasteiger partial charge in [0.25, 0.3) is 0 Å². The number of likely N-dealkylation sites (N-methyl/N-ethyl adjacent to an activating group) is 1. The summed E-state index contributed by atoms with van der Waals surface area (Å²) in [7, 11) is 2.14. The molecule has 1 aromatic rings. The molecule has 1 fully saturated rings. The molecular weight excluding hydrogens is 136 g/mol. The van der Waals surface area contributed by atoms with E-state index in [0.717, 1.165) is 13.1 Å². The molecule has 2 nitrogen and oxygen atoms in total. The maximum Gasteiger partial charge on any atom is 0.0460 e. The maximum absolute atomic E-state index is 4.31. The lowest BCUT2D eigenvalue weighted by atomic mass is 9.97. The zero-order valence-electron chi connectivity index (χ0n) is 6.70. The quantitative estimate of drug-likeness (QED) is 0.593. The van der Waals surface area contributed by atoms with Crippen LogP contribution >= 0.6 is 0 Å². The van der Waals surface area contributed by atoms with Crippen molar-refractivity contribution in [3.63, 3.8) is 0 Å². The Balaban J connectivity index is 2.08. The Bertz CT molecular complexity index is 227. The van der Waals surface area contributed by atoms with Crippen LogP contribution in [-0.2, 0) is 0 Å². The molecule has 2 heteroatoms. The van der Waals surface area contributed by atoms with Gasteiger partial charge in [0.15, 0.2) is 0 Å². The minimum Gasteiger partial charge on any atom is -0.305 e. The highest BCUT2D eigenvalue weighted by Gasteiger charge is 2.25. The monoisotopic (exact) mass is 148 g/mol. The Morgan fingerprint density at radius 1 is 1.45 bits per heavy atom. The SMILES string of the molecule is CN1CC(c2ccccn2)C1. The van der Waals surface area contributed by atoms with Crippen molar-refractivity contribution in [1.29, 1.82) is 0 Å². The molecule has 1 saturated heterocycles. The Labute approximate surface area is 66.9 Å². The van der Waals surface area contributed by atoms with Crippen molar-refractivity contribution in [2.24, 2.45) is 0 Å². The molecule has 0 aromatic carbocycles. The van der Waals surface area contributed by atoms with Gasteiger partial charge in [-0.3, -0.25) is 4.98 Å². The van der Waals surface area contributed by atoms with Gasteiger partial charge in [0.05, 0.1) is 0 Å². The van der Waals surface area contributed by atoms with Crippen LogP contribution in [0.2, 0.25) is 0 Å². The topological polar surface area (TPSA) is 16.1 Å². The highest BCUT2D eigenvalue weighted by Crippen LogP contribution is 2.22. The van der Waals surface area contributed by atoms with Crippen molar-refractivity contribution >= 4 is 0 Å². The molecule has 2 rings (SSSR count). The van der Waals surface area contributed by atoms with Crippen LogP contribution in [0.4, 0.5) is 0 Å². The van der Waals surface area contributed by atoms with E-state index in [1.54, 1.807) is 0 Å². The Morgan fingerprint density at radius 3 is 2.82 bits per heavy atom. The standard InChI is InChI=1S/C9H12N2/c1-11-6-8(7-11)9-4-2-3-5-10-9/h2-5,8H,6-7H2,1H3. The summed E-state index contributed by atoms with van der Waals surface area (Å²) < 4.78 is 0. The van der Waals surface area contributed by atoms with Gasteiger partial charge < -0.3 is 4.90 Å². The van der Waals surface area contributed by atoms with Crippen molar-refractivity contribution in [3.8, 4) is 0 Å². The second-order valence-electron chi connectivity index (χ2n) is 3.17. The van der Waals surface area contributed by atoms with E-state index in [1.807, 2.05) is 12.3 Å². The predicted octanol–water partition coefficient (Wildman–Crippen LogP) is 1.11. The summed E-state index contributed by atoms with van der Waals surface area (Å²) in [5.74, 6) is 0.682. The van der Waals surface area contributed by atoms with E-state index in [-0.39, 0.29) is 0 Å². The lowest BCUT2D eigenvalue weighted by Crippen LogP contribution is -2.42. The van der Waals surface area contributed by atoms with Gasteiger partial charge in [0.1, 0.15) is 0 Å². The van der Waals surface area contributed by atoms with E-state index in [0.29, 0.717) is 5.92 Å². The normalized spacial score (nSPS) is 19.7. The molecule has 0 unspecified atom stereocenters. The molecule has 0 saturated carbocycles. The first kappa shape index (κ1) is 6.80. The Kier molecular flexibility index (Phi) is 1.62. The van der Waals surface area contributed by atoms with Gasteiger partial charge in [-0.05, 0) is 19.2 Å². The fourth-order valence-electron chi connectivity index (χ4n) is 1.50. The van der Waals surface area contributed by atoms with Gasteiger partial charge >= 0.3 is 0 Å². The van der Waals surface area contributed by atoms with E-state index in [9.17, 15) is 0 Å². The molecule has 11 heavy (non-hydrogen) atoms. The van der Waals surface area contributed by atoms with Gasteiger partial charge in [-0.15, -0.1) is 0 Å². The second kappa shape index (κ2) is 2.62. The number of hydrogen-bond donors (Lipinski definition) is 0. The molecule has 0 N–H and O–H groups in total. The summed E-state index contributed by atoms with van der Waals surface area (Å²) in [6, 6.07) is 6.13. The minimum absolute atomic E-state index is 0.682. The average Bonchev–Trinajstić information content (AvgIpc) is 2.01. The van der Waals surface area contributed by atoms with Crippen LogP contribution < -0.4 is 0 Å². The van der Waals surface area contributed by atoms with Gasteiger partial charge in [0, 0.05) is 30.9 Å². The molecular formula is C9H12N2.